The molecule has 0 aliphatic carbocycles. The van der Waals surface area contributed by atoms with E-state index in [0.717, 1.165) is 0 Å². The number of likely N-dealkylation sites (tertiary alicyclic amines) is 1. The van der Waals surface area contributed by atoms with E-state index >= 15 is 0 Å². The van der Waals surface area contributed by atoms with Crippen molar-refractivity contribution in [2.75, 3.05) is 26.8 Å². The van der Waals surface area contributed by atoms with E-state index in [1.807, 2.05) is 0 Å². The van der Waals surface area contributed by atoms with Crippen LogP contribution in [0, 0.1) is 5.41 Å². The second-order valence-corrected chi connectivity index (χ2v) is 6.29. The summed E-state index contributed by atoms with van der Waals surface area (Å²) >= 11 is 0. The lowest BCUT2D eigenvalue weighted by molar-refractivity contribution is -0.161. The molecule has 0 spiro atoms. The Morgan fingerprint density at radius 3 is 2.48 bits per heavy atom. The Bertz CT molecular complexity index is 620. The van der Waals surface area contributed by atoms with Gasteiger partial charge in [-0.15, -0.1) is 0 Å². The molecule has 1 amide bonds. The Kier molecular flexibility index (Phi) is 5.72. The number of ether oxygens (including phenoxy) is 1. The SMILES string of the molecule is COCC1(C(=O)O)CCN(C(=O)CC(c2ccccc2)C(F)(F)F)C1. The first-order valence-electron chi connectivity index (χ1n) is 7.81. The number of benzene rings is 1. The summed E-state index contributed by atoms with van der Waals surface area (Å²) in [5.41, 5.74) is -1.24. The predicted molar refractivity (Wildman–Crippen MR) is 83.0 cm³/mol. The topological polar surface area (TPSA) is 66.8 Å². The molecule has 2 rings (SSSR count). The van der Waals surface area contributed by atoms with Gasteiger partial charge in [-0.25, -0.2) is 0 Å². The molecular formula is C17H20F3NO4. The Morgan fingerprint density at radius 1 is 1.32 bits per heavy atom. The quantitative estimate of drug-likeness (QED) is 0.848. The van der Waals surface area contributed by atoms with E-state index in [4.69, 9.17) is 4.74 Å². The third-order valence-corrected chi connectivity index (χ3v) is 4.56. The number of carbonyl (C=O) groups is 2. The lowest BCUT2D eigenvalue weighted by atomic mass is 9.88. The van der Waals surface area contributed by atoms with Crippen molar-refractivity contribution in [2.45, 2.75) is 24.9 Å². The molecule has 138 valence electrons. The molecule has 5 nitrogen and oxygen atoms in total. The summed E-state index contributed by atoms with van der Waals surface area (Å²) in [5.74, 6) is -3.73. The average molecular weight is 359 g/mol. The van der Waals surface area contributed by atoms with Gasteiger partial charge in [-0.3, -0.25) is 9.59 Å². The third kappa shape index (κ3) is 4.31. The number of nitrogens with zero attached hydrogens (tertiary/aromatic N) is 1. The van der Waals surface area contributed by atoms with Gasteiger partial charge in [0.1, 0.15) is 5.41 Å². The summed E-state index contributed by atoms with van der Waals surface area (Å²) in [6.45, 7) is -0.129. The summed E-state index contributed by atoms with van der Waals surface area (Å²) in [6.07, 6.45) is -5.15. The number of carboxylic acids is 1. The number of amides is 1. The first kappa shape index (κ1) is 19.2. The van der Waals surface area contributed by atoms with Crippen LogP contribution in [0.3, 0.4) is 0 Å². The van der Waals surface area contributed by atoms with Gasteiger partial charge < -0.3 is 14.7 Å². The minimum Gasteiger partial charge on any atom is -0.481 e. The highest BCUT2D eigenvalue weighted by atomic mass is 19.4. The van der Waals surface area contributed by atoms with Crippen LogP contribution in [0.1, 0.15) is 24.3 Å². The Hall–Kier alpha value is -2.09. The maximum absolute atomic E-state index is 13.4. The zero-order valence-electron chi connectivity index (χ0n) is 13.8. The van der Waals surface area contributed by atoms with Gasteiger partial charge in [0.15, 0.2) is 0 Å². The van der Waals surface area contributed by atoms with E-state index in [1.54, 1.807) is 6.07 Å². The maximum atomic E-state index is 13.4. The minimum absolute atomic E-state index is 0.0175. The predicted octanol–water partition coefficient (Wildman–Crippen LogP) is 2.67. The Balaban J connectivity index is 2.13. The van der Waals surface area contributed by atoms with Gasteiger partial charge in [-0.1, -0.05) is 30.3 Å². The van der Waals surface area contributed by atoms with Crippen LogP contribution < -0.4 is 0 Å². The van der Waals surface area contributed by atoms with Crippen molar-refractivity contribution in [3.8, 4) is 0 Å². The van der Waals surface area contributed by atoms with E-state index < -0.39 is 35.8 Å². The van der Waals surface area contributed by atoms with Crippen LogP contribution in [0.4, 0.5) is 13.2 Å². The van der Waals surface area contributed by atoms with E-state index in [1.165, 1.54) is 36.3 Å². The molecule has 1 aromatic carbocycles. The molecule has 0 bridgehead atoms. The number of hydrogen-bond donors (Lipinski definition) is 1. The fourth-order valence-electron chi connectivity index (χ4n) is 3.13. The van der Waals surface area contributed by atoms with Crippen LogP contribution in [0.2, 0.25) is 0 Å². The number of halogens is 3. The van der Waals surface area contributed by atoms with Gasteiger partial charge >= 0.3 is 12.1 Å². The molecule has 1 heterocycles. The summed E-state index contributed by atoms with van der Waals surface area (Å²) in [5, 5.41) is 9.39. The van der Waals surface area contributed by atoms with Crippen molar-refractivity contribution in [1.82, 2.24) is 4.90 Å². The average Bonchev–Trinajstić information content (AvgIpc) is 2.98. The molecule has 1 aliphatic heterocycles. The van der Waals surface area contributed by atoms with Gasteiger partial charge in [0.05, 0.1) is 12.5 Å². The summed E-state index contributed by atoms with van der Waals surface area (Å²) in [4.78, 5) is 25.1. The van der Waals surface area contributed by atoms with Crippen molar-refractivity contribution >= 4 is 11.9 Å². The molecule has 0 saturated carbocycles. The fraction of sp³-hybridized carbons (Fsp3) is 0.529. The molecule has 2 unspecified atom stereocenters. The second-order valence-electron chi connectivity index (χ2n) is 6.29. The zero-order chi connectivity index (χ0) is 18.7. The Morgan fingerprint density at radius 2 is 1.96 bits per heavy atom. The molecule has 1 aliphatic rings. The molecular weight excluding hydrogens is 339 g/mol. The number of carboxylic acid groups (broad SMARTS) is 1. The normalized spacial score (nSPS) is 22.0. The van der Waals surface area contributed by atoms with Crippen LogP contribution in [0.25, 0.3) is 0 Å². The molecule has 1 fully saturated rings. The number of rotatable bonds is 6. The minimum atomic E-state index is -4.56. The van der Waals surface area contributed by atoms with Gasteiger partial charge in [0.2, 0.25) is 5.91 Å². The first-order chi connectivity index (χ1) is 11.7. The number of carbonyl (C=O) groups excluding carboxylic acids is 1. The van der Waals surface area contributed by atoms with Gasteiger partial charge in [0, 0.05) is 26.6 Å². The van der Waals surface area contributed by atoms with Crippen LogP contribution in [0.5, 0.6) is 0 Å². The lowest BCUT2D eigenvalue weighted by Crippen LogP contribution is -2.40. The molecule has 1 aromatic rings. The molecule has 2 atom stereocenters. The zero-order valence-corrected chi connectivity index (χ0v) is 13.8. The molecule has 1 N–H and O–H groups in total. The van der Waals surface area contributed by atoms with Crippen molar-refractivity contribution in [2.24, 2.45) is 5.41 Å². The highest BCUT2D eigenvalue weighted by Gasteiger charge is 2.48. The van der Waals surface area contributed by atoms with Crippen molar-refractivity contribution in [3.05, 3.63) is 35.9 Å². The van der Waals surface area contributed by atoms with Crippen molar-refractivity contribution in [3.63, 3.8) is 0 Å². The van der Waals surface area contributed by atoms with Gasteiger partial charge in [-0.05, 0) is 12.0 Å². The van der Waals surface area contributed by atoms with E-state index in [-0.39, 0.29) is 31.7 Å². The second kappa shape index (κ2) is 7.43. The smallest absolute Gasteiger partial charge is 0.396 e. The molecule has 1 saturated heterocycles. The molecule has 0 aromatic heterocycles. The van der Waals surface area contributed by atoms with Gasteiger partial charge in [0.25, 0.3) is 0 Å². The van der Waals surface area contributed by atoms with Crippen molar-refractivity contribution in [1.29, 1.82) is 0 Å². The number of methoxy groups -OCH3 is 1. The molecule has 8 heteroatoms. The summed E-state index contributed by atoms with van der Waals surface area (Å²) < 4.78 is 45.0. The lowest BCUT2D eigenvalue weighted by Gasteiger charge is -2.26. The maximum Gasteiger partial charge on any atom is 0.396 e. The Labute approximate surface area is 143 Å². The number of hydrogen-bond acceptors (Lipinski definition) is 3. The summed E-state index contributed by atoms with van der Waals surface area (Å²) in [7, 11) is 1.35. The largest absolute Gasteiger partial charge is 0.481 e. The number of aliphatic carboxylic acids is 1. The first-order valence-corrected chi connectivity index (χ1v) is 7.81. The van der Waals surface area contributed by atoms with E-state index in [9.17, 15) is 27.9 Å². The standard InChI is InChI=1S/C17H20F3NO4/c1-25-11-16(15(23)24)7-8-21(10-16)14(22)9-13(17(18,19)20)12-5-3-2-4-6-12/h2-6,13H,7-11H2,1H3,(H,23,24). The number of alkyl halides is 3. The van der Waals surface area contributed by atoms with E-state index in [0.29, 0.717) is 0 Å². The highest BCUT2D eigenvalue weighted by Crippen LogP contribution is 2.39. The monoisotopic (exact) mass is 359 g/mol. The highest BCUT2D eigenvalue weighted by molar-refractivity contribution is 5.81. The van der Waals surface area contributed by atoms with Crippen LogP contribution >= 0.6 is 0 Å². The van der Waals surface area contributed by atoms with Crippen LogP contribution in [-0.4, -0.2) is 54.9 Å². The van der Waals surface area contributed by atoms with Crippen molar-refractivity contribution < 1.29 is 32.6 Å². The molecule has 0 radical (unpaired) electrons. The van der Waals surface area contributed by atoms with Crippen LogP contribution in [0.15, 0.2) is 30.3 Å². The molecule has 25 heavy (non-hydrogen) atoms. The fourth-order valence-corrected chi connectivity index (χ4v) is 3.13. The third-order valence-electron chi connectivity index (χ3n) is 4.56. The van der Waals surface area contributed by atoms with Gasteiger partial charge in [-0.2, -0.15) is 13.2 Å². The van der Waals surface area contributed by atoms with Crippen LogP contribution in [-0.2, 0) is 14.3 Å². The van der Waals surface area contributed by atoms with E-state index in [2.05, 4.69) is 0 Å². The summed E-state index contributed by atoms with van der Waals surface area (Å²) in [6, 6.07) is 7.25.